The van der Waals surface area contributed by atoms with Gasteiger partial charge in [-0.25, -0.2) is 9.37 Å². The van der Waals surface area contributed by atoms with Crippen molar-refractivity contribution in [2.75, 3.05) is 13.7 Å². The number of methoxy groups -OCH3 is 1. The minimum absolute atomic E-state index is 0.123. The number of hydrogen-bond acceptors (Lipinski definition) is 3. The average Bonchev–Trinajstić information content (AvgIpc) is 3.15. The molecule has 0 aliphatic heterocycles. The third-order valence-corrected chi connectivity index (χ3v) is 5.23. The lowest BCUT2D eigenvalue weighted by molar-refractivity contribution is 0.0953. The van der Waals surface area contributed by atoms with E-state index in [1.807, 2.05) is 30.3 Å². The second kappa shape index (κ2) is 9.43. The lowest BCUT2D eigenvalue weighted by atomic mass is 10.2. The minimum Gasteiger partial charge on any atom is -0.497 e. The van der Waals surface area contributed by atoms with Gasteiger partial charge in [0.1, 0.15) is 17.4 Å². The first-order chi connectivity index (χ1) is 15.2. The summed E-state index contributed by atoms with van der Waals surface area (Å²) in [7, 11) is 1.59. The van der Waals surface area contributed by atoms with Gasteiger partial charge in [0.05, 0.1) is 24.7 Å². The van der Waals surface area contributed by atoms with E-state index in [0.29, 0.717) is 36.4 Å². The highest BCUT2D eigenvalue weighted by Gasteiger charge is 2.13. The van der Waals surface area contributed by atoms with Gasteiger partial charge in [-0.05, 0) is 48.9 Å². The molecule has 0 spiro atoms. The Labute approximate surface area is 180 Å². The lowest BCUT2D eigenvalue weighted by Gasteiger charge is -2.11. The molecule has 0 aliphatic carbocycles. The predicted octanol–water partition coefficient (Wildman–Crippen LogP) is 4.59. The normalized spacial score (nSPS) is 10.9. The summed E-state index contributed by atoms with van der Waals surface area (Å²) >= 11 is 0. The fourth-order valence-corrected chi connectivity index (χ4v) is 3.58. The number of rotatable bonds is 8. The van der Waals surface area contributed by atoms with Crippen LogP contribution in [0.5, 0.6) is 5.75 Å². The molecular formula is C25H24FN3O2. The number of imidazole rings is 1. The van der Waals surface area contributed by atoms with Gasteiger partial charge in [-0.1, -0.05) is 30.3 Å². The molecule has 0 radical (unpaired) electrons. The maximum Gasteiger partial charge on any atom is 0.251 e. The molecule has 0 atom stereocenters. The Balaban J connectivity index is 1.43. The Morgan fingerprint density at radius 3 is 2.55 bits per heavy atom. The highest BCUT2D eigenvalue weighted by molar-refractivity contribution is 5.94. The molecule has 5 nitrogen and oxygen atoms in total. The fourth-order valence-electron chi connectivity index (χ4n) is 3.58. The quantitative estimate of drug-likeness (QED) is 0.427. The van der Waals surface area contributed by atoms with E-state index in [4.69, 9.17) is 9.72 Å². The highest BCUT2D eigenvalue weighted by atomic mass is 19.1. The monoisotopic (exact) mass is 417 g/mol. The molecule has 0 fully saturated rings. The summed E-state index contributed by atoms with van der Waals surface area (Å²) in [4.78, 5) is 17.1. The zero-order chi connectivity index (χ0) is 21.6. The molecule has 0 saturated carbocycles. The molecule has 1 amide bonds. The van der Waals surface area contributed by atoms with Gasteiger partial charge in [0.25, 0.3) is 5.91 Å². The fraction of sp³-hybridized carbons (Fsp3) is 0.200. The Kier molecular flexibility index (Phi) is 6.26. The molecule has 1 N–H and O–H groups in total. The Morgan fingerprint density at radius 2 is 1.77 bits per heavy atom. The third kappa shape index (κ3) is 4.74. The maximum absolute atomic E-state index is 14.2. The van der Waals surface area contributed by atoms with Crippen molar-refractivity contribution in [1.29, 1.82) is 0 Å². The molecule has 1 heterocycles. The van der Waals surface area contributed by atoms with Crippen LogP contribution in [-0.4, -0.2) is 29.1 Å². The molecule has 1 aromatic heterocycles. The van der Waals surface area contributed by atoms with Crippen LogP contribution in [0.3, 0.4) is 0 Å². The number of ether oxygens (including phenoxy) is 1. The van der Waals surface area contributed by atoms with E-state index >= 15 is 0 Å². The van der Waals surface area contributed by atoms with E-state index in [0.717, 1.165) is 23.3 Å². The number of nitrogens with zero attached hydrogens (tertiary/aromatic N) is 2. The zero-order valence-corrected chi connectivity index (χ0v) is 17.3. The van der Waals surface area contributed by atoms with E-state index in [1.54, 1.807) is 43.5 Å². The summed E-state index contributed by atoms with van der Waals surface area (Å²) in [6, 6.07) is 21.7. The Hall–Kier alpha value is -3.67. The van der Waals surface area contributed by atoms with E-state index in [9.17, 15) is 9.18 Å². The van der Waals surface area contributed by atoms with Crippen LogP contribution < -0.4 is 10.1 Å². The molecule has 4 aromatic rings. The first-order valence-corrected chi connectivity index (χ1v) is 10.3. The molecule has 0 aliphatic rings. The molecular weight excluding hydrogens is 393 g/mol. The summed E-state index contributed by atoms with van der Waals surface area (Å²) in [6.45, 7) is 0.939. The number of hydrogen-bond donors (Lipinski definition) is 1. The van der Waals surface area contributed by atoms with Crippen LogP contribution in [0.1, 0.15) is 28.2 Å². The second-order valence-electron chi connectivity index (χ2n) is 7.28. The van der Waals surface area contributed by atoms with E-state index < -0.39 is 0 Å². The van der Waals surface area contributed by atoms with Crippen molar-refractivity contribution < 1.29 is 13.9 Å². The van der Waals surface area contributed by atoms with Crippen molar-refractivity contribution in [3.8, 4) is 5.75 Å². The number of aromatic nitrogens is 2. The third-order valence-electron chi connectivity index (χ3n) is 5.23. The first kappa shape index (κ1) is 20.6. The number of aryl methyl sites for hydroxylation is 1. The maximum atomic E-state index is 14.2. The van der Waals surface area contributed by atoms with Crippen LogP contribution >= 0.6 is 0 Å². The summed E-state index contributed by atoms with van der Waals surface area (Å²) in [6.07, 6.45) is 1.40. The van der Waals surface area contributed by atoms with Gasteiger partial charge in [0, 0.05) is 24.1 Å². The van der Waals surface area contributed by atoms with Crippen molar-refractivity contribution in [2.45, 2.75) is 19.4 Å². The number of fused-ring (bicyclic) bond motifs is 1. The van der Waals surface area contributed by atoms with Crippen LogP contribution in [0.2, 0.25) is 0 Å². The minimum atomic E-state index is -0.224. The zero-order valence-electron chi connectivity index (χ0n) is 17.3. The average molecular weight is 417 g/mol. The van der Waals surface area contributed by atoms with Gasteiger partial charge < -0.3 is 14.6 Å². The van der Waals surface area contributed by atoms with Gasteiger partial charge in [-0.2, -0.15) is 0 Å². The second-order valence-corrected chi connectivity index (χ2v) is 7.28. The predicted molar refractivity (Wildman–Crippen MR) is 119 cm³/mol. The summed E-state index contributed by atoms with van der Waals surface area (Å²) in [5.74, 6) is 1.24. The summed E-state index contributed by atoms with van der Waals surface area (Å²) in [5.41, 5.74) is 3.08. The lowest BCUT2D eigenvalue weighted by Crippen LogP contribution is -2.25. The molecule has 0 saturated heterocycles. The van der Waals surface area contributed by atoms with Crippen LogP contribution in [0.15, 0.2) is 72.8 Å². The van der Waals surface area contributed by atoms with Crippen LogP contribution in [0, 0.1) is 5.82 Å². The first-order valence-electron chi connectivity index (χ1n) is 10.3. The number of benzene rings is 3. The smallest absolute Gasteiger partial charge is 0.251 e. The number of nitrogens with one attached hydrogen (secondary N) is 1. The standard InChI is InChI=1S/C25H24FN3O2/c1-31-20-14-12-18(13-15-20)25(30)27-16-6-11-24-28-22-9-4-5-10-23(22)29(24)17-19-7-2-3-8-21(19)26/h2-5,7-10,12-15H,6,11,16-17H2,1H3,(H,27,30). The summed E-state index contributed by atoms with van der Waals surface area (Å²) in [5, 5.41) is 2.94. The largest absolute Gasteiger partial charge is 0.497 e. The summed E-state index contributed by atoms with van der Waals surface area (Å²) < 4.78 is 21.4. The van der Waals surface area contributed by atoms with Gasteiger partial charge in [0.15, 0.2) is 0 Å². The molecule has 158 valence electrons. The van der Waals surface area contributed by atoms with Gasteiger partial charge >= 0.3 is 0 Å². The van der Waals surface area contributed by atoms with Crippen molar-refractivity contribution in [2.24, 2.45) is 0 Å². The van der Waals surface area contributed by atoms with E-state index in [1.165, 1.54) is 6.07 Å². The SMILES string of the molecule is COc1ccc(C(=O)NCCCc2nc3ccccc3n2Cc2ccccc2F)cc1. The van der Waals surface area contributed by atoms with Gasteiger partial charge in [0.2, 0.25) is 0 Å². The van der Waals surface area contributed by atoms with Crippen molar-refractivity contribution in [1.82, 2.24) is 14.9 Å². The topological polar surface area (TPSA) is 56.1 Å². The van der Waals surface area contributed by atoms with Gasteiger partial charge in [-0.15, -0.1) is 0 Å². The molecule has 3 aromatic carbocycles. The number of amides is 1. The van der Waals surface area contributed by atoms with Crippen LogP contribution in [-0.2, 0) is 13.0 Å². The molecule has 0 bridgehead atoms. The highest BCUT2D eigenvalue weighted by Crippen LogP contribution is 2.20. The van der Waals surface area contributed by atoms with Gasteiger partial charge in [-0.3, -0.25) is 4.79 Å². The van der Waals surface area contributed by atoms with Crippen molar-refractivity contribution >= 4 is 16.9 Å². The molecule has 6 heteroatoms. The number of para-hydroxylation sites is 2. The molecule has 31 heavy (non-hydrogen) atoms. The van der Waals surface area contributed by atoms with E-state index in [-0.39, 0.29) is 11.7 Å². The number of carbonyl (C=O) groups excluding carboxylic acids is 1. The Bertz CT molecular complexity index is 1190. The number of carbonyl (C=O) groups is 1. The molecule has 0 unspecified atom stereocenters. The van der Waals surface area contributed by atoms with Crippen molar-refractivity contribution in [3.63, 3.8) is 0 Å². The van der Waals surface area contributed by atoms with E-state index in [2.05, 4.69) is 9.88 Å². The Morgan fingerprint density at radius 1 is 1.03 bits per heavy atom. The molecule has 4 rings (SSSR count). The number of halogens is 1. The van der Waals surface area contributed by atoms with Crippen LogP contribution in [0.4, 0.5) is 4.39 Å². The van der Waals surface area contributed by atoms with Crippen LogP contribution in [0.25, 0.3) is 11.0 Å². The van der Waals surface area contributed by atoms with Crippen molar-refractivity contribution in [3.05, 3.63) is 95.6 Å².